The van der Waals surface area contributed by atoms with Crippen LogP contribution < -0.4 is 10.0 Å². The maximum Gasteiger partial charge on any atom is 0.351 e. The summed E-state index contributed by atoms with van der Waals surface area (Å²) in [4.78, 5) is 19.7. The molecule has 7 heteroatoms. The van der Waals surface area contributed by atoms with Crippen molar-refractivity contribution in [3.63, 3.8) is 0 Å². The van der Waals surface area contributed by atoms with Gasteiger partial charge in [0, 0.05) is 15.9 Å². The van der Waals surface area contributed by atoms with Crippen molar-refractivity contribution in [2.45, 2.75) is 39.2 Å². The maximum absolute atomic E-state index is 9.04. The van der Waals surface area contributed by atoms with Crippen molar-refractivity contribution < 1.29 is 24.7 Å². The third-order valence-corrected chi connectivity index (χ3v) is 4.53. The van der Waals surface area contributed by atoms with Gasteiger partial charge in [-0.25, -0.2) is 4.79 Å². The minimum absolute atomic E-state index is 0.807. The number of quaternary nitrogens is 1. The lowest BCUT2D eigenvalue weighted by Gasteiger charge is -2.18. The Morgan fingerprint density at radius 1 is 1.21 bits per heavy atom. The largest absolute Gasteiger partial charge is 0.539 e. The predicted octanol–water partition coefficient (Wildman–Crippen LogP) is 1.47. The number of carbonyl (C=O) groups excluding carboxylic acids is 1. The predicted molar refractivity (Wildman–Crippen MR) is 96.0 cm³/mol. The van der Waals surface area contributed by atoms with Crippen LogP contribution >= 0.6 is 27.5 Å². The molecule has 1 unspecified atom stereocenters. The number of rotatable bonds is 9. The summed E-state index contributed by atoms with van der Waals surface area (Å²) in [5.74, 6) is -3.20. The average molecular weight is 423 g/mol. The SMILES string of the molecule is CC[NH+](CCCCCCCl)Cc1ccccc1Br.O=C([O-])C(=O)O. The summed E-state index contributed by atoms with van der Waals surface area (Å²) in [6, 6.07) is 8.54. The molecule has 2 N–H and O–H groups in total. The molecule has 1 atom stereocenters. The number of unbranched alkanes of at least 4 members (excludes halogenated alkanes) is 3. The quantitative estimate of drug-likeness (QED) is 0.359. The van der Waals surface area contributed by atoms with Gasteiger partial charge in [-0.1, -0.05) is 40.5 Å². The van der Waals surface area contributed by atoms with Gasteiger partial charge >= 0.3 is 5.97 Å². The van der Waals surface area contributed by atoms with Crippen LogP contribution in [-0.2, 0) is 16.1 Å². The van der Waals surface area contributed by atoms with Crippen LogP contribution in [-0.4, -0.2) is 36.0 Å². The Hall–Kier alpha value is -1.11. The molecular weight excluding hydrogens is 398 g/mol. The second kappa shape index (κ2) is 14.3. The molecule has 24 heavy (non-hydrogen) atoms. The fourth-order valence-corrected chi connectivity index (χ4v) is 2.74. The Kier molecular flexibility index (Phi) is 13.6. The molecule has 0 aliphatic rings. The number of halogens is 2. The van der Waals surface area contributed by atoms with Gasteiger partial charge in [-0.3, -0.25) is 0 Å². The second-order valence-corrected chi connectivity index (χ2v) is 6.55. The van der Waals surface area contributed by atoms with E-state index < -0.39 is 11.9 Å². The van der Waals surface area contributed by atoms with Crippen molar-refractivity contribution in [2.75, 3.05) is 19.0 Å². The van der Waals surface area contributed by atoms with Crippen LogP contribution in [0, 0.1) is 0 Å². The van der Waals surface area contributed by atoms with E-state index in [1.54, 1.807) is 4.90 Å². The molecule has 136 valence electrons. The van der Waals surface area contributed by atoms with Gasteiger partial charge in [0.1, 0.15) is 6.54 Å². The highest BCUT2D eigenvalue weighted by atomic mass is 79.9. The van der Waals surface area contributed by atoms with Crippen LogP contribution in [0.5, 0.6) is 0 Å². The van der Waals surface area contributed by atoms with Crippen molar-refractivity contribution in [1.82, 2.24) is 0 Å². The lowest BCUT2D eigenvalue weighted by Crippen LogP contribution is -3.10. The molecule has 0 fully saturated rings. The summed E-state index contributed by atoms with van der Waals surface area (Å²) in [6.07, 6.45) is 5.06. The lowest BCUT2D eigenvalue weighted by atomic mass is 10.1. The summed E-state index contributed by atoms with van der Waals surface area (Å²) < 4.78 is 1.23. The highest BCUT2D eigenvalue weighted by molar-refractivity contribution is 9.10. The fourth-order valence-electron chi connectivity index (χ4n) is 2.12. The van der Waals surface area contributed by atoms with E-state index in [4.69, 9.17) is 31.4 Å². The number of hydrogen-bond acceptors (Lipinski definition) is 3. The van der Waals surface area contributed by atoms with Crippen molar-refractivity contribution in [3.8, 4) is 0 Å². The minimum atomic E-state index is -2.07. The zero-order chi connectivity index (χ0) is 18.4. The molecule has 0 amide bonds. The minimum Gasteiger partial charge on any atom is -0.539 e. The second-order valence-electron chi connectivity index (χ2n) is 5.32. The Bertz CT molecular complexity index is 487. The van der Waals surface area contributed by atoms with Gasteiger partial charge in [0.2, 0.25) is 0 Å². The Balaban J connectivity index is 0.000000754. The third-order valence-electron chi connectivity index (χ3n) is 3.49. The first-order valence-corrected chi connectivity index (χ1v) is 9.32. The summed E-state index contributed by atoms with van der Waals surface area (Å²) in [6.45, 7) is 5.84. The molecule has 5 nitrogen and oxygen atoms in total. The molecule has 0 spiro atoms. The van der Waals surface area contributed by atoms with Crippen molar-refractivity contribution in [1.29, 1.82) is 0 Å². The zero-order valence-electron chi connectivity index (χ0n) is 13.9. The number of carboxylic acid groups (broad SMARTS) is 2. The Morgan fingerprint density at radius 3 is 2.29 bits per heavy atom. The number of nitrogens with one attached hydrogen (secondary N) is 1. The summed E-state index contributed by atoms with van der Waals surface area (Å²) in [7, 11) is 0. The van der Waals surface area contributed by atoms with Crippen molar-refractivity contribution in [3.05, 3.63) is 34.3 Å². The van der Waals surface area contributed by atoms with E-state index >= 15 is 0 Å². The topological polar surface area (TPSA) is 81.9 Å². The molecule has 1 aromatic rings. The molecule has 1 aromatic carbocycles. The molecule has 0 aliphatic carbocycles. The average Bonchev–Trinajstić information content (AvgIpc) is 2.55. The summed E-state index contributed by atoms with van der Waals surface area (Å²) in [5.41, 5.74) is 1.41. The van der Waals surface area contributed by atoms with Crippen LogP contribution in [0.3, 0.4) is 0 Å². The molecule has 0 radical (unpaired) electrons. The molecule has 0 aromatic heterocycles. The van der Waals surface area contributed by atoms with Gasteiger partial charge in [-0.05, 0) is 32.3 Å². The van der Waals surface area contributed by atoms with Gasteiger partial charge in [0.05, 0.1) is 13.1 Å². The van der Waals surface area contributed by atoms with Crippen molar-refractivity contribution in [2.24, 2.45) is 0 Å². The number of carboxylic acids is 2. The Labute approximate surface area is 156 Å². The highest BCUT2D eigenvalue weighted by Crippen LogP contribution is 2.14. The molecule has 1 rings (SSSR count). The van der Waals surface area contributed by atoms with E-state index in [0.717, 1.165) is 18.8 Å². The number of carbonyl (C=O) groups is 2. The van der Waals surface area contributed by atoms with Crippen LogP contribution in [0.1, 0.15) is 38.2 Å². The van der Waals surface area contributed by atoms with Gasteiger partial charge in [0.15, 0.2) is 5.97 Å². The zero-order valence-corrected chi connectivity index (χ0v) is 16.2. The number of aliphatic carboxylic acids is 2. The van der Waals surface area contributed by atoms with E-state index in [1.807, 2.05) is 0 Å². The van der Waals surface area contributed by atoms with Gasteiger partial charge in [-0.2, -0.15) is 0 Å². The normalized spacial score (nSPS) is 11.3. The van der Waals surface area contributed by atoms with Gasteiger partial charge < -0.3 is 19.9 Å². The van der Waals surface area contributed by atoms with E-state index in [-0.39, 0.29) is 0 Å². The number of alkyl halides is 1. The first kappa shape index (κ1) is 22.9. The third kappa shape index (κ3) is 11.4. The summed E-state index contributed by atoms with van der Waals surface area (Å²) in [5, 5.41) is 16.3. The van der Waals surface area contributed by atoms with Gasteiger partial charge in [0.25, 0.3) is 0 Å². The highest BCUT2D eigenvalue weighted by Gasteiger charge is 2.08. The molecule has 0 aliphatic heterocycles. The first-order valence-electron chi connectivity index (χ1n) is 7.99. The van der Waals surface area contributed by atoms with Crippen LogP contribution in [0.2, 0.25) is 0 Å². The fraction of sp³-hybridized carbons (Fsp3) is 0.529. The summed E-state index contributed by atoms with van der Waals surface area (Å²) >= 11 is 9.31. The van der Waals surface area contributed by atoms with E-state index in [2.05, 4.69) is 47.1 Å². The van der Waals surface area contributed by atoms with E-state index in [9.17, 15) is 0 Å². The molecular formula is C17H25BrClNO4. The number of benzene rings is 1. The molecule has 0 bridgehead atoms. The standard InChI is InChI=1S/C15H23BrClN.C2H2O4/c1-2-18(12-8-4-3-7-11-17)13-14-9-5-6-10-15(14)16;3-1(4)2(5)6/h5-6,9-10H,2-4,7-8,11-13H2,1H3;(H,3,4)(H,5,6). The van der Waals surface area contributed by atoms with Gasteiger partial charge in [-0.15, -0.1) is 11.6 Å². The first-order chi connectivity index (χ1) is 11.4. The number of hydrogen-bond donors (Lipinski definition) is 2. The van der Waals surface area contributed by atoms with Crippen molar-refractivity contribution >= 4 is 39.5 Å². The smallest absolute Gasteiger partial charge is 0.351 e. The molecule has 0 heterocycles. The van der Waals surface area contributed by atoms with Crippen LogP contribution in [0.15, 0.2) is 28.7 Å². The van der Waals surface area contributed by atoms with E-state index in [1.165, 1.54) is 42.4 Å². The van der Waals surface area contributed by atoms with Crippen LogP contribution in [0.4, 0.5) is 0 Å². The molecule has 0 saturated carbocycles. The monoisotopic (exact) mass is 421 g/mol. The van der Waals surface area contributed by atoms with Crippen LogP contribution in [0.25, 0.3) is 0 Å². The van der Waals surface area contributed by atoms with E-state index in [0.29, 0.717) is 0 Å². The maximum atomic E-state index is 9.04. The Morgan fingerprint density at radius 2 is 1.79 bits per heavy atom. The lowest BCUT2D eigenvalue weighted by molar-refractivity contribution is -0.912. The molecule has 0 saturated heterocycles.